The van der Waals surface area contributed by atoms with E-state index in [4.69, 9.17) is 9.47 Å². The van der Waals surface area contributed by atoms with Gasteiger partial charge in [-0.3, -0.25) is 9.69 Å². The largest absolute Gasteiger partial charge is 1.00 e. The second-order valence-electron chi connectivity index (χ2n) is 8.09. The molecule has 0 aliphatic carbocycles. The molecule has 2 aromatic rings. The zero-order valence-corrected chi connectivity index (χ0v) is 19.1. The summed E-state index contributed by atoms with van der Waals surface area (Å²) in [6.45, 7) is 0.637. The van der Waals surface area contributed by atoms with Crippen molar-refractivity contribution in [1.29, 1.82) is 0 Å². The third-order valence-corrected chi connectivity index (χ3v) is 6.41. The van der Waals surface area contributed by atoms with Gasteiger partial charge in [0.1, 0.15) is 0 Å². The Morgan fingerprint density at radius 1 is 1.10 bits per heavy atom. The lowest BCUT2D eigenvalue weighted by Gasteiger charge is -2.35. The van der Waals surface area contributed by atoms with E-state index in [1.54, 1.807) is 14.2 Å². The molecule has 0 saturated carbocycles. The van der Waals surface area contributed by atoms with Crippen LogP contribution in [-0.4, -0.2) is 55.6 Å². The molecular weight excluding hydrogens is 412 g/mol. The molecular formula is C25H31ClN2O3. The minimum absolute atomic E-state index is 0. The Bertz CT molecular complexity index is 938. The van der Waals surface area contributed by atoms with Gasteiger partial charge in [0.15, 0.2) is 11.5 Å². The predicted octanol–water partition coefficient (Wildman–Crippen LogP) is 1.26. The standard InChI is InChI=1S/C25H30N2O3.ClH/c1-26-20-10-11-21(26)17-22(16-20)27(25(28)19-7-5-4-6-8-19)14-13-18-9-12-23(29-2)24(15-18)30-3;/h4-9,12,15-16,20-21H,10-11,13-14,17H2,1-3H3;1H. The molecule has 2 unspecified atom stereocenters. The van der Waals surface area contributed by atoms with Gasteiger partial charge in [-0.15, -0.1) is 0 Å². The van der Waals surface area contributed by atoms with Crippen LogP contribution in [0.5, 0.6) is 11.5 Å². The summed E-state index contributed by atoms with van der Waals surface area (Å²) in [6.07, 6.45) is 6.36. The highest BCUT2D eigenvalue weighted by atomic mass is 35.5. The Kier molecular flexibility index (Phi) is 7.63. The molecule has 4 rings (SSSR count). The molecule has 2 bridgehead atoms. The Balaban J connectivity index is 0.00000181. The topological polar surface area (TPSA) is 42.0 Å². The van der Waals surface area contributed by atoms with Crippen LogP contribution in [-0.2, 0) is 6.42 Å². The molecule has 1 fully saturated rings. The van der Waals surface area contributed by atoms with Crippen molar-refractivity contribution in [2.24, 2.45) is 0 Å². The summed E-state index contributed by atoms with van der Waals surface area (Å²) < 4.78 is 10.8. The second kappa shape index (κ2) is 10.2. The van der Waals surface area contributed by atoms with E-state index in [2.05, 4.69) is 18.0 Å². The summed E-state index contributed by atoms with van der Waals surface area (Å²) in [5.41, 5.74) is 3.02. The molecule has 166 valence electrons. The molecule has 0 spiro atoms. The van der Waals surface area contributed by atoms with Crippen molar-refractivity contribution in [1.82, 2.24) is 9.80 Å². The minimum Gasteiger partial charge on any atom is -1.00 e. The maximum absolute atomic E-state index is 13.4. The summed E-state index contributed by atoms with van der Waals surface area (Å²) in [7, 11) is 5.48. The Labute approximate surface area is 192 Å². The van der Waals surface area contributed by atoms with Crippen molar-refractivity contribution in [3.05, 3.63) is 71.4 Å². The third-order valence-electron chi connectivity index (χ3n) is 6.41. The van der Waals surface area contributed by atoms with E-state index in [9.17, 15) is 4.79 Å². The van der Waals surface area contributed by atoms with Crippen LogP contribution in [0.15, 0.2) is 60.3 Å². The highest BCUT2D eigenvalue weighted by Crippen LogP contribution is 2.35. The van der Waals surface area contributed by atoms with Crippen LogP contribution in [0.25, 0.3) is 0 Å². The monoisotopic (exact) mass is 442 g/mol. The van der Waals surface area contributed by atoms with Crippen LogP contribution in [0, 0.1) is 0 Å². The Morgan fingerprint density at radius 3 is 2.52 bits per heavy atom. The maximum atomic E-state index is 13.4. The fourth-order valence-corrected chi connectivity index (χ4v) is 4.61. The van der Waals surface area contributed by atoms with Gasteiger partial charge in [-0.1, -0.05) is 24.3 Å². The number of carbonyl (C=O) groups is 1. The maximum Gasteiger partial charge on any atom is 1.00 e. The van der Waals surface area contributed by atoms with Gasteiger partial charge in [-0.2, -0.15) is 0 Å². The molecule has 2 aliphatic rings. The molecule has 0 radical (unpaired) electrons. The summed E-state index contributed by atoms with van der Waals surface area (Å²) >= 11 is 0. The number of methoxy groups -OCH3 is 2. The Hall–Kier alpha value is -2.50. The molecule has 31 heavy (non-hydrogen) atoms. The zero-order valence-electron chi connectivity index (χ0n) is 19.4. The molecule has 2 heterocycles. The second-order valence-corrected chi connectivity index (χ2v) is 8.09. The van der Waals surface area contributed by atoms with Crippen LogP contribution < -0.4 is 21.9 Å². The first-order valence-corrected chi connectivity index (χ1v) is 10.6. The van der Waals surface area contributed by atoms with Crippen LogP contribution >= 0.6 is 0 Å². The molecule has 1 amide bonds. The fraction of sp³-hybridized carbons (Fsp3) is 0.400. The molecule has 2 aliphatic heterocycles. The molecule has 5 nitrogen and oxygen atoms in total. The zero-order chi connectivity index (χ0) is 21.1. The lowest BCUT2D eigenvalue weighted by atomic mass is 10.0. The van der Waals surface area contributed by atoms with Gasteiger partial charge in [0.25, 0.3) is 5.91 Å². The smallest absolute Gasteiger partial charge is 1.00 e. The summed E-state index contributed by atoms with van der Waals surface area (Å²) in [5, 5.41) is 0. The number of ether oxygens (including phenoxy) is 2. The molecule has 0 aromatic heterocycles. The minimum atomic E-state index is 0. The van der Waals surface area contributed by atoms with Crippen molar-refractivity contribution in [2.75, 3.05) is 27.8 Å². The first-order chi connectivity index (χ1) is 14.6. The van der Waals surface area contributed by atoms with Crippen molar-refractivity contribution < 1.29 is 28.1 Å². The van der Waals surface area contributed by atoms with Gasteiger partial charge in [-0.25, -0.2) is 0 Å². The number of likely N-dealkylation sites (N-methyl/N-ethyl adjacent to an activating group) is 1. The van der Waals surface area contributed by atoms with E-state index in [1.807, 2.05) is 53.4 Å². The molecule has 0 N–H and O–H groups in total. The van der Waals surface area contributed by atoms with Crippen molar-refractivity contribution in [2.45, 2.75) is 37.8 Å². The van der Waals surface area contributed by atoms with Crippen LogP contribution in [0.3, 0.4) is 0 Å². The highest BCUT2D eigenvalue weighted by molar-refractivity contribution is 5.95. The van der Waals surface area contributed by atoms with Gasteiger partial charge in [0.05, 0.1) is 14.2 Å². The lowest BCUT2D eigenvalue weighted by molar-refractivity contribution is -0.0000169. The number of fused-ring (bicyclic) bond motifs is 2. The van der Waals surface area contributed by atoms with Crippen molar-refractivity contribution >= 4 is 5.91 Å². The Morgan fingerprint density at radius 2 is 1.84 bits per heavy atom. The molecule has 2 atom stereocenters. The number of carbonyl (C=O) groups excluding carboxylic acids is 1. The van der Waals surface area contributed by atoms with E-state index in [0.29, 0.717) is 30.1 Å². The van der Waals surface area contributed by atoms with Crippen LogP contribution in [0.4, 0.5) is 0 Å². The van der Waals surface area contributed by atoms with Crippen LogP contribution in [0.2, 0.25) is 0 Å². The van der Waals surface area contributed by atoms with Gasteiger partial charge in [-0.05, 0) is 62.2 Å². The molecule has 2 aromatic carbocycles. The number of hydrogen-bond acceptors (Lipinski definition) is 4. The van der Waals surface area contributed by atoms with E-state index < -0.39 is 0 Å². The van der Waals surface area contributed by atoms with Crippen molar-refractivity contribution in [3.8, 4) is 11.5 Å². The van der Waals surface area contributed by atoms with E-state index >= 15 is 0 Å². The first kappa shape index (κ1) is 23.2. The number of rotatable bonds is 7. The first-order valence-electron chi connectivity index (χ1n) is 10.6. The summed E-state index contributed by atoms with van der Waals surface area (Å²) in [5.74, 6) is 1.51. The summed E-state index contributed by atoms with van der Waals surface area (Å²) in [4.78, 5) is 17.9. The average molecular weight is 443 g/mol. The van der Waals surface area contributed by atoms with E-state index in [1.165, 1.54) is 12.8 Å². The normalized spacial score (nSPS) is 19.9. The highest BCUT2D eigenvalue weighted by Gasteiger charge is 2.36. The number of benzene rings is 2. The molecule has 6 heteroatoms. The predicted molar refractivity (Wildman–Crippen MR) is 119 cm³/mol. The van der Waals surface area contributed by atoms with Gasteiger partial charge in [0.2, 0.25) is 0 Å². The van der Waals surface area contributed by atoms with Crippen molar-refractivity contribution in [3.63, 3.8) is 0 Å². The van der Waals surface area contributed by atoms with E-state index in [0.717, 1.165) is 29.7 Å². The average Bonchev–Trinajstić information content (AvgIpc) is 2.99. The number of hydrogen-bond donors (Lipinski definition) is 0. The SMILES string of the molecule is COc1ccc(CCN(C(=O)c2ccccc2)C2=CC3CCC(C2)N3C)cc1OC.[Cl-].[H+]. The third kappa shape index (κ3) is 4.89. The lowest BCUT2D eigenvalue weighted by Crippen LogP contribution is -3.00. The molecule has 1 saturated heterocycles. The fourth-order valence-electron chi connectivity index (χ4n) is 4.61. The number of nitrogens with zero attached hydrogens (tertiary/aromatic N) is 2. The van der Waals surface area contributed by atoms with E-state index in [-0.39, 0.29) is 19.7 Å². The van der Waals surface area contributed by atoms with Gasteiger partial charge >= 0.3 is 1.43 Å². The van der Waals surface area contributed by atoms with Crippen LogP contribution in [0.1, 0.15) is 36.6 Å². The van der Waals surface area contributed by atoms with Gasteiger partial charge in [0, 0.05) is 36.3 Å². The summed E-state index contributed by atoms with van der Waals surface area (Å²) in [6, 6.07) is 16.5. The number of halogens is 1. The quantitative estimate of drug-likeness (QED) is 0.647. The number of amides is 1. The van der Waals surface area contributed by atoms with Gasteiger partial charge < -0.3 is 26.8 Å².